The first-order chi connectivity index (χ1) is 19.5. The molecule has 6 rings (SSSR count). The summed E-state index contributed by atoms with van der Waals surface area (Å²) in [4.78, 5) is 6.94. The van der Waals surface area contributed by atoms with Gasteiger partial charge in [0.25, 0.3) is 0 Å². The van der Waals surface area contributed by atoms with Gasteiger partial charge in [0.2, 0.25) is 0 Å². The van der Waals surface area contributed by atoms with E-state index in [9.17, 15) is 0 Å². The number of pyridine rings is 1. The van der Waals surface area contributed by atoms with E-state index in [1.807, 2.05) is 48.7 Å². The number of benzene rings is 3. The Bertz CT molecular complexity index is 1630. The van der Waals surface area contributed by atoms with Crippen LogP contribution in [0.4, 0.5) is 5.69 Å². The Kier molecular flexibility index (Phi) is 7.10. The lowest BCUT2D eigenvalue weighted by Gasteiger charge is -2.28. The molecule has 0 radical (unpaired) electrons. The Morgan fingerprint density at radius 3 is 2.30 bits per heavy atom. The molecular weight excluding hydrogens is 512 g/mol. The van der Waals surface area contributed by atoms with Gasteiger partial charge in [-0.1, -0.05) is 54.6 Å². The molecule has 0 amide bonds. The molecule has 2 aromatic heterocycles. The summed E-state index contributed by atoms with van der Waals surface area (Å²) in [6.45, 7) is 7.26. The molecule has 0 saturated carbocycles. The topological polar surface area (TPSA) is 42.3 Å². The van der Waals surface area contributed by atoms with E-state index in [2.05, 4.69) is 96.2 Å². The van der Waals surface area contributed by atoms with Gasteiger partial charge >= 0.3 is 0 Å². The van der Waals surface area contributed by atoms with Crippen molar-refractivity contribution in [1.82, 2.24) is 14.9 Å². The highest BCUT2D eigenvalue weighted by Crippen LogP contribution is 2.43. The van der Waals surface area contributed by atoms with Crippen molar-refractivity contribution >= 4 is 23.0 Å². The van der Waals surface area contributed by atoms with Crippen LogP contribution in [0.1, 0.15) is 45.9 Å². The van der Waals surface area contributed by atoms with Crippen LogP contribution in [0.5, 0.6) is 11.5 Å². The van der Waals surface area contributed by atoms with Gasteiger partial charge in [0, 0.05) is 29.8 Å². The first-order valence-corrected chi connectivity index (χ1v) is 13.9. The van der Waals surface area contributed by atoms with Crippen LogP contribution in [0.3, 0.4) is 0 Å². The number of nitrogens with zero attached hydrogens (tertiary/aromatic N) is 3. The predicted octanol–water partition coefficient (Wildman–Crippen LogP) is 7.83. The van der Waals surface area contributed by atoms with Crippen LogP contribution in [0.25, 0.3) is 0 Å². The Morgan fingerprint density at radius 2 is 1.57 bits per heavy atom. The minimum Gasteiger partial charge on any atom is -0.457 e. The molecule has 5 aromatic rings. The van der Waals surface area contributed by atoms with Crippen molar-refractivity contribution < 1.29 is 4.74 Å². The van der Waals surface area contributed by atoms with Crippen molar-refractivity contribution in [1.29, 1.82) is 0 Å². The molecule has 200 valence electrons. The summed E-state index contributed by atoms with van der Waals surface area (Å²) in [6, 6.07) is 35.0. The Hall–Kier alpha value is -4.42. The molecule has 1 saturated heterocycles. The average molecular weight is 545 g/mol. The molecule has 0 unspecified atom stereocenters. The monoisotopic (exact) mass is 544 g/mol. The third-order valence-electron chi connectivity index (χ3n) is 7.65. The lowest BCUT2D eigenvalue weighted by molar-refractivity contribution is 0.479. The molecular formula is C34H32N4OS. The van der Waals surface area contributed by atoms with Gasteiger partial charge < -0.3 is 19.5 Å². The second-order valence-corrected chi connectivity index (χ2v) is 10.6. The quantitative estimate of drug-likeness (QED) is 0.212. The summed E-state index contributed by atoms with van der Waals surface area (Å²) in [5, 5.41) is 4.27. The normalized spacial score (nSPS) is 16.7. The summed E-state index contributed by atoms with van der Waals surface area (Å²) in [5.74, 6) is 1.64. The number of hydrogen-bond donors (Lipinski definition) is 1. The number of nitrogens with one attached hydrogen (secondary N) is 1. The second-order valence-electron chi connectivity index (χ2n) is 10.3. The average Bonchev–Trinajstić information content (AvgIpc) is 3.46. The molecule has 1 fully saturated rings. The van der Waals surface area contributed by atoms with Gasteiger partial charge in [-0.15, -0.1) is 0 Å². The number of para-hydroxylation sites is 1. The Balaban J connectivity index is 1.38. The van der Waals surface area contributed by atoms with Crippen molar-refractivity contribution in [2.45, 2.75) is 39.4 Å². The maximum Gasteiger partial charge on any atom is 0.174 e. The Labute approximate surface area is 241 Å². The summed E-state index contributed by atoms with van der Waals surface area (Å²) < 4.78 is 8.56. The van der Waals surface area contributed by atoms with Crippen LogP contribution >= 0.6 is 12.2 Å². The second kappa shape index (κ2) is 11.0. The van der Waals surface area contributed by atoms with Gasteiger partial charge in [-0.25, -0.2) is 0 Å². The van der Waals surface area contributed by atoms with Crippen molar-refractivity contribution in [3.63, 3.8) is 0 Å². The maximum atomic E-state index is 6.17. The highest BCUT2D eigenvalue weighted by molar-refractivity contribution is 7.80. The number of ether oxygens (including phenoxy) is 1. The van der Waals surface area contributed by atoms with E-state index in [-0.39, 0.29) is 12.1 Å². The summed E-state index contributed by atoms with van der Waals surface area (Å²) in [7, 11) is 0. The van der Waals surface area contributed by atoms with Crippen LogP contribution in [-0.4, -0.2) is 14.7 Å². The molecule has 2 atom stereocenters. The molecule has 0 aliphatic carbocycles. The third kappa shape index (κ3) is 4.98. The first-order valence-electron chi connectivity index (χ1n) is 13.5. The fraction of sp³-hybridized carbons (Fsp3) is 0.176. The van der Waals surface area contributed by atoms with Gasteiger partial charge in [-0.2, -0.15) is 0 Å². The number of rotatable bonds is 7. The van der Waals surface area contributed by atoms with Crippen LogP contribution in [0.2, 0.25) is 0 Å². The zero-order valence-electron chi connectivity index (χ0n) is 22.9. The third-order valence-corrected chi connectivity index (χ3v) is 7.96. The standard InChI is InChI=1S/C34H32N4OS/c1-23-11-7-8-15-31(23)39-28-18-16-27(17-19-28)38-33(32(36-34(38)40)30-14-9-10-20-35-30)29-21-24(2)37(25(29)3)22-26-12-5-4-6-13-26/h4-21,32-33H,22H2,1-3H3,(H,36,40)/t32-,33-/m1/s1. The van der Waals surface area contributed by atoms with E-state index in [1.165, 1.54) is 22.5 Å². The number of aromatic nitrogens is 2. The number of hydrogen-bond acceptors (Lipinski definition) is 3. The molecule has 1 aliphatic rings. The molecule has 3 heterocycles. The fourth-order valence-corrected chi connectivity index (χ4v) is 5.90. The van der Waals surface area contributed by atoms with Gasteiger partial charge in [0.1, 0.15) is 11.5 Å². The van der Waals surface area contributed by atoms with Crippen LogP contribution in [0.15, 0.2) is 109 Å². The smallest absolute Gasteiger partial charge is 0.174 e. The minimum atomic E-state index is -0.0951. The van der Waals surface area contributed by atoms with E-state index in [0.717, 1.165) is 35.0 Å². The van der Waals surface area contributed by atoms with Gasteiger partial charge in [-0.05, 0) is 98.2 Å². The number of aryl methyl sites for hydroxylation is 2. The van der Waals surface area contributed by atoms with Gasteiger partial charge in [0.15, 0.2) is 5.11 Å². The predicted molar refractivity (Wildman–Crippen MR) is 165 cm³/mol. The van der Waals surface area contributed by atoms with Crippen molar-refractivity contribution in [2.75, 3.05) is 4.90 Å². The number of thiocarbonyl (C=S) groups is 1. The van der Waals surface area contributed by atoms with Crippen molar-refractivity contribution in [3.05, 3.63) is 143 Å². The van der Waals surface area contributed by atoms with Crippen LogP contribution < -0.4 is 15.0 Å². The van der Waals surface area contributed by atoms with E-state index in [4.69, 9.17) is 21.9 Å². The molecule has 1 N–H and O–H groups in total. The van der Waals surface area contributed by atoms with Gasteiger partial charge in [-0.3, -0.25) is 4.98 Å². The maximum absolute atomic E-state index is 6.17. The molecule has 5 nitrogen and oxygen atoms in total. The molecule has 40 heavy (non-hydrogen) atoms. The van der Waals surface area contributed by atoms with Crippen LogP contribution in [0, 0.1) is 20.8 Å². The molecule has 3 aromatic carbocycles. The summed E-state index contributed by atoms with van der Waals surface area (Å²) in [6.07, 6.45) is 1.84. The SMILES string of the molecule is Cc1ccccc1Oc1ccc(N2C(=S)N[C@H](c3ccccn3)[C@H]2c2cc(C)n(Cc3ccccc3)c2C)cc1. The molecule has 0 bridgehead atoms. The van der Waals surface area contributed by atoms with E-state index >= 15 is 0 Å². The zero-order valence-corrected chi connectivity index (χ0v) is 23.7. The van der Waals surface area contributed by atoms with Gasteiger partial charge in [0.05, 0.1) is 17.8 Å². The summed E-state index contributed by atoms with van der Waals surface area (Å²) >= 11 is 5.97. The van der Waals surface area contributed by atoms with Crippen molar-refractivity contribution in [2.24, 2.45) is 0 Å². The van der Waals surface area contributed by atoms with Crippen LogP contribution in [-0.2, 0) is 6.54 Å². The van der Waals surface area contributed by atoms with Crippen molar-refractivity contribution in [3.8, 4) is 11.5 Å². The fourth-order valence-electron chi connectivity index (χ4n) is 5.56. The van der Waals surface area contributed by atoms with E-state index < -0.39 is 0 Å². The molecule has 1 aliphatic heterocycles. The minimum absolute atomic E-state index is 0.0683. The highest BCUT2D eigenvalue weighted by Gasteiger charge is 2.42. The highest BCUT2D eigenvalue weighted by atomic mass is 32.1. The molecule has 6 heteroatoms. The largest absolute Gasteiger partial charge is 0.457 e. The zero-order chi connectivity index (χ0) is 27.6. The van der Waals surface area contributed by atoms with E-state index in [0.29, 0.717) is 5.11 Å². The lowest BCUT2D eigenvalue weighted by Crippen LogP contribution is -2.29. The summed E-state index contributed by atoms with van der Waals surface area (Å²) in [5.41, 5.74) is 8.02. The molecule has 0 spiro atoms. The number of anilines is 1. The Morgan fingerprint density at radius 1 is 0.850 bits per heavy atom. The van der Waals surface area contributed by atoms with E-state index in [1.54, 1.807) is 0 Å². The first kappa shape index (κ1) is 25.8. The lowest BCUT2D eigenvalue weighted by atomic mass is 9.96.